The zero-order chi connectivity index (χ0) is 24.4. The molecule has 0 aromatic heterocycles. The molecule has 2 aliphatic rings. The van der Waals surface area contributed by atoms with Crippen molar-refractivity contribution in [2.75, 3.05) is 21.3 Å². The lowest BCUT2D eigenvalue weighted by molar-refractivity contribution is -0.150. The van der Waals surface area contributed by atoms with E-state index in [0.29, 0.717) is 34.7 Å². The molecule has 1 N–H and O–H groups in total. The van der Waals surface area contributed by atoms with Crippen molar-refractivity contribution < 1.29 is 28.6 Å². The molecule has 0 amide bonds. The molecule has 34 heavy (non-hydrogen) atoms. The van der Waals surface area contributed by atoms with E-state index in [2.05, 4.69) is 5.32 Å². The van der Waals surface area contributed by atoms with Crippen molar-refractivity contribution in [1.82, 2.24) is 5.32 Å². The molecular formula is C27H27NO6. The van der Waals surface area contributed by atoms with Gasteiger partial charge in [-0.3, -0.25) is 9.59 Å². The Morgan fingerprint density at radius 1 is 0.912 bits per heavy atom. The lowest BCUT2D eigenvalue weighted by atomic mass is 9.67. The highest BCUT2D eigenvalue weighted by atomic mass is 16.5. The number of esters is 2. The molecule has 0 spiro atoms. The van der Waals surface area contributed by atoms with Crippen LogP contribution < -0.4 is 10.1 Å². The lowest BCUT2D eigenvalue weighted by Crippen LogP contribution is -2.43. The highest BCUT2D eigenvalue weighted by Gasteiger charge is 2.48. The second-order valence-corrected chi connectivity index (χ2v) is 8.34. The highest BCUT2D eigenvalue weighted by Crippen LogP contribution is 2.48. The van der Waals surface area contributed by atoms with Gasteiger partial charge in [-0.1, -0.05) is 42.5 Å². The van der Waals surface area contributed by atoms with Gasteiger partial charge in [0.1, 0.15) is 11.7 Å². The van der Waals surface area contributed by atoms with Crippen molar-refractivity contribution in [2.24, 2.45) is 5.92 Å². The molecule has 0 bridgehead atoms. The van der Waals surface area contributed by atoms with Gasteiger partial charge < -0.3 is 19.5 Å². The zero-order valence-electron chi connectivity index (χ0n) is 19.6. The number of benzene rings is 2. The van der Waals surface area contributed by atoms with Gasteiger partial charge in [0.25, 0.3) is 0 Å². The molecule has 7 nitrogen and oxygen atoms in total. The van der Waals surface area contributed by atoms with Crippen LogP contribution in [0.5, 0.6) is 5.75 Å². The monoisotopic (exact) mass is 461 g/mol. The summed E-state index contributed by atoms with van der Waals surface area (Å²) >= 11 is 0. The summed E-state index contributed by atoms with van der Waals surface area (Å²) in [7, 11) is 4.17. The van der Waals surface area contributed by atoms with Crippen LogP contribution in [0, 0.1) is 5.92 Å². The largest absolute Gasteiger partial charge is 0.497 e. The van der Waals surface area contributed by atoms with Crippen LogP contribution in [0.3, 0.4) is 0 Å². The smallest absolute Gasteiger partial charge is 0.336 e. The summed E-state index contributed by atoms with van der Waals surface area (Å²) in [6, 6.07) is 16.6. The third-order valence-corrected chi connectivity index (χ3v) is 6.56. The van der Waals surface area contributed by atoms with Crippen LogP contribution in [-0.2, 0) is 23.9 Å². The predicted molar refractivity (Wildman–Crippen MR) is 125 cm³/mol. The van der Waals surface area contributed by atoms with E-state index in [9.17, 15) is 14.4 Å². The number of ketones is 1. The number of rotatable bonds is 5. The van der Waals surface area contributed by atoms with Crippen LogP contribution in [0.1, 0.15) is 36.3 Å². The van der Waals surface area contributed by atoms with Gasteiger partial charge in [-0.15, -0.1) is 0 Å². The van der Waals surface area contributed by atoms with E-state index >= 15 is 0 Å². The molecule has 176 valence electrons. The van der Waals surface area contributed by atoms with Crippen LogP contribution in [0.4, 0.5) is 0 Å². The molecule has 0 saturated carbocycles. The topological polar surface area (TPSA) is 90.9 Å². The highest BCUT2D eigenvalue weighted by molar-refractivity contribution is 6.13. The van der Waals surface area contributed by atoms with Crippen molar-refractivity contribution in [3.8, 4) is 5.75 Å². The first-order valence-corrected chi connectivity index (χ1v) is 11.0. The molecule has 0 radical (unpaired) electrons. The molecular weight excluding hydrogens is 434 g/mol. The number of Topliss-reactive ketones (excluding diaryl/α,β-unsaturated/α-hetero) is 1. The molecule has 1 aliphatic heterocycles. The van der Waals surface area contributed by atoms with Gasteiger partial charge in [0.05, 0.1) is 26.9 Å². The van der Waals surface area contributed by atoms with Crippen LogP contribution in [-0.4, -0.2) is 39.1 Å². The minimum atomic E-state index is -1.04. The number of carbonyl (C=O) groups excluding carboxylic acids is 3. The van der Waals surface area contributed by atoms with Crippen molar-refractivity contribution in [3.05, 3.63) is 88.3 Å². The van der Waals surface area contributed by atoms with Crippen LogP contribution >= 0.6 is 0 Å². The summed E-state index contributed by atoms with van der Waals surface area (Å²) in [4.78, 5) is 39.7. The molecule has 2 aromatic carbocycles. The van der Waals surface area contributed by atoms with Crippen LogP contribution in [0.2, 0.25) is 0 Å². The van der Waals surface area contributed by atoms with Crippen molar-refractivity contribution >= 4 is 17.7 Å². The van der Waals surface area contributed by atoms with Gasteiger partial charge in [-0.25, -0.2) is 4.79 Å². The normalized spacial score (nSPS) is 22.0. The number of methoxy groups -OCH3 is 3. The minimum Gasteiger partial charge on any atom is -0.497 e. The number of ether oxygens (including phenoxy) is 3. The van der Waals surface area contributed by atoms with E-state index in [-0.39, 0.29) is 5.78 Å². The summed E-state index contributed by atoms with van der Waals surface area (Å²) in [5.41, 5.74) is 3.68. The van der Waals surface area contributed by atoms with Crippen molar-refractivity contribution in [3.63, 3.8) is 0 Å². The Labute approximate surface area is 198 Å². The van der Waals surface area contributed by atoms with E-state index < -0.39 is 29.7 Å². The quantitative estimate of drug-likeness (QED) is 0.537. The second-order valence-electron chi connectivity index (χ2n) is 8.34. The van der Waals surface area contributed by atoms with E-state index in [1.165, 1.54) is 14.2 Å². The van der Waals surface area contributed by atoms with E-state index in [1.807, 2.05) is 42.5 Å². The molecule has 3 atom stereocenters. The molecule has 1 heterocycles. The minimum absolute atomic E-state index is 0.354. The van der Waals surface area contributed by atoms with E-state index in [0.717, 1.165) is 11.1 Å². The molecule has 0 unspecified atom stereocenters. The van der Waals surface area contributed by atoms with Crippen molar-refractivity contribution in [2.45, 2.75) is 25.2 Å². The fraction of sp³-hybridized carbons (Fsp3) is 0.296. The van der Waals surface area contributed by atoms with Gasteiger partial charge >= 0.3 is 11.9 Å². The Balaban J connectivity index is 1.88. The summed E-state index contributed by atoms with van der Waals surface area (Å²) in [6.07, 6.45) is 0.405. The number of allylic oxidation sites excluding steroid dienone is 3. The zero-order valence-corrected chi connectivity index (χ0v) is 19.6. The number of dihydropyridines is 1. The maximum atomic E-state index is 14.0. The first-order chi connectivity index (χ1) is 16.4. The Kier molecular flexibility index (Phi) is 6.54. The Bertz CT molecular complexity index is 1180. The fourth-order valence-electron chi connectivity index (χ4n) is 4.96. The maximum absolute atomic E-state index is 14.0. The Hall–Kier alpha value is -3.87. The predicted octanol–water partition coefficient (Wildman–Crippen LogP) is 3.63. The first-order valence-electron chi connectivity index (χ1n) is 11.0. The van der Waals surface area contributed by atoms with E-state index in [1.54, 1.807) is 26.2 Å². The Morgan fingerprint density at radius 2 is 1.59 bits per heavy atom. The SMILES string of the molecule is COC(=O)C1=C(C)NC2=C(C(=O)[C@H](C(=O)OC)[C@@H](c3ccc(OC)cc3)C2)[C@@H]1c1ccccc1. The average molecular weight is 462 g/mol. The lowest BCUT2D eigenvalue weighted by Gasteiger charge is -2.39. The van der Waals surface area contributed by atoms with Gasteiger partial charge in [0.15, 0.2) is 5.78 Å². The Morgan fingerprint density at radius 3 is 2.18 bits per heavy atom. The number of carbonyl (C=O) groups is 3. The summed E-state index contributed by atoms with van der Waals surface area (Å²) in [5.74, 6) is -2.92. The van der Waals surface area contributed by atoms with Crippen LogP contribution in [0.15, 0.2) is 77.1 Å². The molecule has 4 rings (SSSR count). The summed E-state index contributed by atoms with van der Waals surface area (Å²) in [6.45, 7) is 1.80. The third kappa shape index (κ3) is 3.98. The van der Waals surface area contributed by atoms with Gasteiger partial charge in [0.2, 0.25) is 0 Å². The first kappa shape index (κ1) is 23.3. The summed E-state index contributed by atoms with van der Waals surface area (Å²) in [5, 5.41) is 3.27. The standard InChI is InChI=1S/C27H27NO6/c1-15-21(26(30)33-3)22(17-8-6-5-7-9-17)24-20(28-15)14-19(23(25(24)29)27(31)34-4)16-10-12-18(32-2)13-11-16/h5-13,19,22-23,28H,14H2,1-4H3/t19-,22-,23-/m1/s1. The molecule has 0 fully saturated rings. The average Bonchev–Trinajstić information content (AvgIpc) is 2.87. The second kappa shape index (κ2) is 9.55. The molecule has 1 aliphatic carbocycles. The third-order valence-electron chi connectivity index (χ3n) is 6.56. The van der Waals surface area contributed by atoms with Crippen LogP contribution in [0.25, 0.3) is 0 Å². The number of hydrogen-bond donors (Lipinski definition) is 1. The van der Waals surface area contributed by atoms with Gasteiger partial charge in [0, 0.05) is 28.8 Å². The molecule has 7 heteroatoms. The van der Waals surface area contributed by atoms with Crippen molar-refractivity contribution in [1.29, 1.82) is 0 Å². The van der Waals surface area contributed by atoms with Gasteiger partial charge in [-0.2, -0.15) is 0 Å². The molecule has 0 saturated heterocycles. The molecule has 2 aromatic rings. The number of nitrogens with one attached hydrogen (secondary N) is 1. The van der Waals surface area contributed by atoms with E-state index in [4.69, 9.17) is 14.2 Å². The maximum Gasteiger partial charge on any atom is 0.336 e. The number of hydrogen-bond acceptors (Lipinski definition) is 7. The fourth-order valence-corrected chi connectivity index (χ4v) is 4.96. The van der Waals surface area contributed by atoms with Gasteiger partial charge in [-0.05, 0) is 36.6 Å². The summed E-state index contributed by atoms with van der Waals surface area (Å²) < 4.78 is 15.4.